The molecule has 2 atom stereocenters. The number of carbonyl (C=O) groups is 2. The van der Waals surface area contributed by atoms with Gasteiger partial charge in [0.2, 0.25) is 0 Å². The average molecular weight is 515 g/mol. The fraction of sp³-hybridized carbons (Fsp3) is 0.926. The third-order valence-corrected chi connectivity index (χ3v) is 6.75. The summed E-state index contributed by atoms with van der Waals surface area (Å²) < 4.78 is 11.4. The second-order valence-corrected chi connectivity index (χ2v) is 9.78. The van der Waals surface area contributed by atoms with E-state index in [0.717, 1.165) is 38.5 Å². The van der Waals surface area contributed by atoms with Crippen molar-refractivity contribution >= 4 is 11.9 Å². The molecular weight excluding hydrogens is 466 g/mol. The van der Waals surface area contributed by atoms with Crippen molar-refractivity contribution in [2.24, 2.45) is 0 Å². The predicted molar refractivity (Wildman–Crippen MR) is 126 cm³/mol. The minimum absolute atomic E-state index is 0. The van der Waals surface area contributed by atoms with Gasteiger partial charge in [-0.25, -0.2) is 0 Å². The quantitative estimate of drug-likeness (QED) is 0.133. The maximum Gasteiger partial charge on any atom is 1.00 e. The first-order valence-corrected chi connectivity index (χ1v) is 13.7. The summed E-state index contributed by atoms with van der Waals surface area (Å²) in [5.41, 5.74) is 0. The number of carbonyl (C=O) groups excluding carboxylic acids is 2. The summed E-state index contributed by atoms with van der Waals surface area (Å²) >= 11 is 0. The molecule has 0 aliphatic carbocycles. The van der Waals surface area contributed by atoms with Crippen LogP contribution in [-0.4, -0.2) is 29.9 Å². The molecule has 0 aromatic carbocycles. The Hall–Kier alpha value is 0.860. The van der Waals surface area contributed by atoms with Crippen molar-refractivity contribution < 1.29 is 88.4 Å². The summed E-state index contributed by atoms with van der Waals surface area (Å²) in [5.74, 6) is -4.26. The molecule has 1 aliphatic rings. The van der Waals surface area contributed by atoms with Crippen molar-refractivity contribution in [1.82, 2.24) is 0 Å². The first-order valence-electron chi connectivity index (χ1n) is 13.7. The average Bonchev–Trinajstić information content (AvgIpc) is 3.18. The SMILES string of the molecule is CCCCCCCCCCCC1(CCCCCCCCCCC)O[C@@H](C(=O)[O-])[C@H](C(=O)[O-])O1.[Na+].[Na+]. The second-order valence-electron chi connectivity index (χ2n) is 9.78. The van der Waals surface area contributed by atoms with Crippen LogP contribution in [0.4, 0.5) is 0 Å². The van der Waals surface area contributed by atoms with Crippen molar-refractivity contribution in [1.29, 1.82) is 0 Å². The Morgan fingerprint density at radius 2 is 0.800 bits per heavy atom. The van der Waals surface area contributed by atoms with Crippen molar-refractivity contribution in [2.45, 2.75) is 160 Å². The fourth-order valence-corrected chi connectivity index (χ4v) is 4.73. The minimum atomic E-state index is -1.60. The Bertz CT molecular complexity index is 486. The Morgan fingerprint density at radius 1 is 0.543 bits per heavy atom. The second kappa shape index (κ2) is 23.9. The van der Waals surface area contributed by atoms with E-state index in [0.29, 0.717) is 12.8 Å². The monoisotopic (exact) mass is 514 g/mol. The summed E-state index contributed by atoms with van der Waals surface area (Å²) in [5, 5.41) is 22.9. The Morgan fingerprint density at radius 3 is 1.06 bits per heavy atom. The van der Waals surface area contributed by atoms with E-state index in [1.165, 1.54) is 77.0 Å². The smallest absolute Gasteiger partial charge is 0.547 e. The Kier molecular flexibility index (Phi) is 26.0. The molecule has 0 bridgehead atoms. The van der Waals surface area contributed by atoms with Gasteiger partial charge in [0.05, 0.1) is 11.9 Å². The molecule has 1 fully saturated rings. The minimum Gasteiger partial charge on any atom is -0.547 e. The maximum atomic E-state index is 11.4. The van der Waals surface area contributed by atoms with E-state index in [1.807, 2.05) is 0 Å². The van der Waals surface area contributed by atoms with E-state index >= 15 is 0 Å². The molecule has 6 nitrogen and oxygen atoms in total. The first-order chi connectivity index (χ1) is 16.0. The van der Waals surface area contributed by atoms with Crippen LogP contribution in [0.15, 0.2) is 0 Å². The Balaban J connectivity index is 0. The number of unbranched alkanes of at least 4 members (excludes halogenated alkanes) is 16. The molecule has 194 valence electrons. The molecule has 1 aliphatic heterocycles. The molecule has 1 saturated heterocycles. The van der Waals surface area contributed by atoms with Gasteiger partial charge in [0.15, 0.2) is 5.79 Å². The van der Waals surface area contributed by atoms with Crippen LogP contribution in [0.5, 0.6) is 0 Å². The molecule has 0 aromatic rings. The van der Waals surface area contributed by atoms with Crippen LogP contribution in [-0.2, 0) is 19.1 Å². The zero-order valence-electron chi connectivity index (χ0n) is 23.2. The van der Waals surface area contributed by atoms with Crippen LogP contribution >= 0.6 is 0 Å². The van der Waals surface area contributed by atoms with Crippen LogP contribution in [0.2, 0.25) is 0 Å². The number of rotatable bonds is 22. The summed E-state index contributed by atoms with van der Waals surface area (Å²) in [6.07, 6.45) is 18.9. The number of hydrogen-bond donors (Lipinski definition) is 0. The van der Waals surface area contributed by atoms with Crippen LogP contribution < -0.4 is 69.3 Å². The normalized spacial score (nSPS) is 18.6. The van der Waals surface area contributed by atoms with E-state index in [9.17, 15) is 19.8 Å². The van der Waals surface area contributed by atoms with E-state index in [-0.39, 0.29) is 59.1 Å². The van der Waals surface area contributed by atoms with Gasteiger partial charge in [-0.1, -0.05) is 117 Å². The van der Waals surface area contributed by atoms with Gasteiger partial charge >= 0.3 is 59.1 Å². The van der Waals surface area contributed by atoms with Crippen molar-refractivity contribution in [3.05, 3.63) is 0 Å². The summed E-state index contributed by atoms with van der Waals surface area (Å²) in [6.45, 7) is 4.43. The van der Waals surface area contributed by atoms with Gasteiger partial charge in [-0.3, -0.25) is 0 Å². The van der Waals surface area contributed by atoms with Crippen LogP contribution in [0, 0.1) is 0 Å². The van der Waals surface area contributed by atoms with Gasteiger partial charge in [0.25, 0.3) is 0 Å². The number of ether oxygens (including phenoxy) is 2. The predicted octanol–water partition coefficient (Wildman–Crippen LogP) is -1.18. The van der Waals surface area contributed by atoms with E-state index < -0.39 is 29.9 Å². The van der Waals surface area contributed by atoms with Crippen molar-refractivity contribution in [3.63, 3.8) is 0 Å². The summed E-state index contributed by atoms with van der Waals surface area (Å²) in [6, 6.07) is 0. The molecule has 1 rings (SSSR count). The van der Waals surface area contributed by atoms with Crippen LogP contribution in [0.3, 0.4) is 0 Å². The molecule has 0 amide bonds. The molecule has 0 N–H and O–H groups in total. The van der Waals surface area contributed by atoms with Gasteiger partial charge in [-0.15, -0.1) is 0 Å². The number of carboxylic acids is 2. The van der Waals surface area contributed by atoms with E-state index in [1.54, 1.807) is 0 Å². The van der Waals surface area contributed by atoms with Gasteiger partial charge in [-0.05, 0) is 12.8 Å². The third-order valence-electron chi connectivity index (χ3n) is 6.75. The van der Waals surface area contributed by atoms with Crippen LogP contribution in [0.25, 0.3) is 0 Å². The molecule has 1 heterocycles. The molecule has 8 heteroatoms. The molecular formula is C27H48Na2O6. The van der Waals surface area contributed by atoms with Crippen LogP contribution in [0.1, 0.15) is 142 Å². The van der Waals surface area contributed by atoms with Gasteiger partial charge in [-0.2, -0.15) is 0 Å². The molecule has 0 saturated carbocycles. The summed E-state index contributed by atoms with van der Waals surface area (Å²) in [7, 11) is 0. The molecule has 0 unspecified atom stereocenters. The Labute approximate surface area is 258 Å². The van der Waals surface area contributed by atoms with E-state index in [2.05, 4.69) is 13.8 Å². The maximum absolute atomic E-state index is 11.4. The van der Waals surface area contributed by atoms with Gasteiger partial charge in [0, 0.05) is 12.8 Å². The molecule has 35 heavy (non-hydrogen) atoms. The van der Waals surface area contributed by atoms with Crippen molar-refractivity contribution in [2.75, 3.05) is 0 Å². The summed E-state index contributed by atoms with van der Waals surface area (Å²) in [4.78, 5) is 22.9. The molecule has 0 radical (unpaired) electrons. The first kappa shape index (κ1) is 38.0. The van der Waals surface area contributed by atoms with Gasteiger partial charge in [0.1, 0.15) is 12.2 Å². The topological polar surface area (TPSA) is 98.7 Å². The fourth-order valence-electron chi connectivity index (χ4n) is 4.73. The zero-order chi connectivity index (χ0) is 24.4. The van der Waals surface area contributed by atoms with E-state index in [4.69, 9.17) is 9.47 Å². The number of aliphatic carboxylic acids is 2. The standard InChI is InChI=1S/C27H50O6.2Na/c1-3-5-7-9-11-13-15-17-19-21-27(22-20-18-16-14-12-10-8-6-4-2)32-23(25(28)29)24(33-27)26(30)31;;/h23-24H,3-22H2,1-2H3,(H,28,29)(H,30,31);;/q;2*+1/p-2/t23-,24-;;/m1../s1. The largest absolute Gasteiger partial charge is 1.00 e. The third kappa shape index (κ3) is 17.1. The molecule has 0 spiro atoms. The van der Waals surface area contributed by atoms with Gasteiger partial charge < -0.3 is 29.3 Å². The molecule has 0 aromatic heterocycles. The zero-order valence-corrected chi connectivity index (χ0v) is 27.2. The van der Waals surface area contributed by atoms with Crippen molar-refractivity contribution in [3.8, 4) is 0 Å². The number of hydrogen-bond acceptors (Lipinski definition) is 6. The number of carboxylic acid groups (broad SMARTS) is 2.